The number of nitrogens with one attached hydrogen (secondary N) is 1. The molecule has 1 saturated heterocycles. The van der Waals surface area contributed by atoms with E-state index in [9.17, 15) is 0 Å². The van der Waals surface area contributed by atoms with Crippen LogP contribution in [-0.4, -0.2) is 29.0 Å². The molecule has 0 bridgehead atoms. The third-order valence-electron chi connectivity index (χ3n) is 3.72. The van der Waals surface area contributed by atoms with Crippen molar-refractivity contribution in [3.05, 3.63) is 30.0 Å². The normalized spacial score (nSPS) is 19.3. The minimum absolute atomic E-state index is 0.388. The Morgan fingerprint density at radius 1 is 1.42 bits per heavy atom. The zero-order chi connectivity index (χ0) is 13.1. The summed E-state index contributed by atoms with van der Waals surface area (Å²) in [7, 11) is 0. The predicted octanol–water partition coefficient (Wildman–Crippen LogP) is 2.32. The fraction of sp³-hybridized carbons (Fsp3) is 0.533. The van der Waals surface area contributed by atoms with Crippen LogP contribution < -0.4 is 5.32 Å². The first-order valence-corrected chi connectivity index (χ1v) is 7.15. The Kier molecular flexibility index (Phi) is 3.80. The molecule has 1 fully saturated rings. The summed E-state index contributed by atoms with van der Waals surface area (Å²) in [5, 5.41) is 9.41. The molecule has 0 amide bonds. The van der Waals surface area contributed by atoms with Gasteiger partial charge in [0.25, 0.3) is 0 Å². The van der Waals surface area contributed by atoms with Gasteiger partial charge in [-0.2, -0.15) is 5.10 Å². The molecule has 1 aliphatic heterocycles. The number of aryl methyl sites for hydroxylation is 1. The average molecular weight is 259 g/mol. The van der Waals surface area contributed by atoms with E-state index in [1.165, 1.54) is 23.7 Å². The van der Waals surface area contributed by atoms with Gasteiger partial charge in [-0.3, -0.25) is 4.68 Å². The van der Waals surface area contributed by atoms with E-state index < -0.39 is 0 Å². The van der Waals surface area contributed by atoms with E-state index in [1.54, 1.807) is 0 Å². The molecule has 1 aromatic carbocycles. The topological polar surface area (TPSA) is 39.1 Å². The molecule has 102 valence electrons. The van der Waals surface area contributed by atoms with Gasteiger partial charge in [-0.15, -0.1) is 0 Å². The smallest absolute Gasteiger partial charge is 0.0841 e. The zero-order valence-corrected chi connectivity index (χ0v) is 11.4. The molecule has 3 rings (SSSR count). The summed E-state index contributed by atoms with van der Waals surface area (Å²) in [6, 6.07) is 8.43. The highest BCUT2D eigenvalue weighted by atomic mass is 16.5. The van der Waals surface area contributed by atoms with Crippen molar-refractivity contribution in [3.63, 3.8) is 0 Å². The van der Waals surface area contributed by atoms with Crippen LogP contribution in [-0.2, 0) is 17.8 Å². The number of para-hydroxylation sites is 1. The molecule has 1 N–H and O–H groups in total. The highest BCUT2D eigenvalue weighted by Crippen LogP contribution is 2.18. The fourth-order valence-electron chi connectivity index (χ4n) is 2.72. The monoisotopic (exact) mass is 259 g/mol. The van der Waals surface area contributed by atoms with Gasteiger partial charge >= 0.3 is 0 Å². The van der Waals surface area contributed by atoms with Crippen LogP contribution in [0.4, 0.5) is 0 Å². The quantitative estimate of drug-likeness (QED) is 0.895. The second-order valence-electron chi connectivity index (χ2n) is 5.05. The lowest BCUT2D eigenvalue weighted by molar-refractivity contribution is 0.110. The average Bonchev–Trinajstić information content (AvgIpc) is 3.07. The van der Waals surface area contributed by atoms with E-state index in [0.29, 0.717) is 6.10 Å². The van der Waals surface area contributed by atoms with Gasteiger partial charge < -0.3 is 10.1 Å². The molecule has 0 spiro atoms. The molecular formula is C15H21N3O. The number of aromatic nitrogens is 2. The van der Waals surface area contributed by atoms with Crippen LogP contribution in [0.3, 0.4) is 0 Å². The maximum absolute atomic E-state index is 5.62. The molecular weight excluding hydrogens is 238 g/mol. The zero-order valence-electron chi connectivity index (χ0n) is 11.4. The lowest BCUT2D eigenvalue weighted by Crippen LogP contribution is -2.26. The molecule has 1 unspecified atom stereocenters. The summed E-state index contributed by atoms with van der Waals surface area (Å²) < 4.78 is 7.68. The van der Waals surface area contributed by atoms with E-state index in [-0.39, 0.29) is 0 Å². The first-order chi connectivity index (χ1) is 9.38. The number of rotatable bonds is 5. The minimum Gasteiger partial charge on any atom is -0.377 e. The number of hydrogen-bond acceptors (Lipinski definition) is 3. The summed E-state index contributed by atoms with van der Waals surface area (Å²) in [5.41, 5.74) is 2.36. The SMILES string of the molecule is CCn1nc(CNCC2CCCO2)c2ccccc21. The molecule has 4 heteroatoms. The Morgan fingerprint density at radius 3 is 3.11 bits per heavy atom. The van der Waals surface area contributed by atoms with Crippen molar-refractivity contribution in [1.82, 2.24) is 15.1 Å². The highest BCUT2D eigenvalue weighted by molar-refractivity contribution is 5.81. The van der Waals surface area contributed by atoms with E-state index in [2.05, 4.69) is 46.3 Å². The van der Waals surface area contributed by atoms with E-state index in [1.807, 2.05) is 0 Å². The molecule has 1 aliphatic rings. The van der Waals surface area contributed by atoms with Gasteiger partial charge in [0.2, 0.25) is 0 Å². The van der Waals surface area contributed by atoms with E-state index in [4.69, 9.17) is 4.74 Å². The third-order valence-corrected chi connectivity index (χ3v) is 3.72. The van der Waals surface area contributed by atoms with Crippen molar-refractivity contribution >= 4 is 10.9 Å². The standard InChI is InChI=1S/C15H21N3O/c1-2-18-15-8-4-3-7-13(15)14(17-18)11-16-10-12-6-5-9-19-12/h3-4,7-8,12,16H,2,5-6,9-11H2,1H3. The van der Waals surface area contributed by atoms with Crippen molar-refractivity contribution in [2.45, 2.75) is 39.0 Å². The van der Waals surface area contributed by atoms with Crippen molar-refractivity contribution in [1.29, 1.82) is 0 Å². The molecule has 0 saturated carbocycles. The molecule has 19 heavy (non-hydrogen) atoms. The number of fused-ring (bicyclic) bond motifs is 1. The van der Waals surface area contributed by atoms with Crippen LogP contribution >= 0.6 is 0 Å². The van der Waals surface area contributed by atoms with Crippen molar-refractivity contribution < 1.29 is 4.74 Å². The van der Waals surface area contributed by atoms with Gasteiger partial charge in [-0.1, -0.05) is 18.2 Å². The lowest BCUT2D eigenvalue weighted by Gasteiger charge is -2.09. The maximum atomic E-state index is 5.62. The van der Waals surface area contributed by atoms with Crippen LogP contribution in [0.2, 0.25) is 0 Å². The first-order valence-electron chi connectivity index (χ1n) is 7.15. The second kappa shape index (κ2) is 5.72. The molecule has 1 atom stereocenters. The summed E-state index contributed by atoms with van der Waals surface area (Å²) in [6.07, 6.45) is 2.76. The van der Waals surface area contributed by atoms with E-state index >= 15 is 0 Å². The predicted molar refractivity (Wildman–Crippen MR) is 76.1 cm³/mol. The maximum Gasteiger partial charge on any atom is 0.0841 e. The second-order valence-corrected chi connectivity index (χ2v) is 5.05. The van der Waals surface area contributed by atoms with Gasteiger partial charge in [0, 0.05) is 31.6 Å². The number of nitrogens with zero attached hydrogens (tertiary/aromatic N) is 2. The number of hydrogen-bond donors (Lipinski definition) is 1. The largest absolute Gasteiger partial charge is 0.377 e. The van der Waals surface area contributed by atoms with Crippen LogP contribution in [0.25, 0.3) is 10.9 Å². The Balaban J connectivity index is 1.69. The molecule has 4 nitrogen and oxygen atoms in total. The van der Waals surface area contributed by atoms with Crippen LogP contribution in [0.15, 0.2) is 24.3 Å². The Labute approximate surface area is 113 Å². The van der Waals surface area contributed by atoms with Crippen molar-refractivity contribution in [3.8, 4) is 0 Å². The summed E-state index contributed by atoms with van der Waals surface area (Å²) in [5.74, 6) is 0. The van der Waals surface area contributed by atoms with E-state index in [0.717, 1.165) is 31.9 Å². The fourth-order valence-corrected chi connectivity index (χ4v) is 2.72. The van der Waals surface area contributed by atoms with Crippen LogP contribution in [0.5, 0.6) is 0 Å². The van der Waals surface area contributed by atoms with Crippen LogP contribution in [0, 0.1) is 0 Å². The third kappa shape index (κ3) is 2.65. The van der Waals surface area contributed by atoms with Crippen molar-refractivity contribution in [2.75, 3.05) is 13.2 Å². The van der Waals surface area contributed by atoms with Crippen molar-refractivity contribution in [2.24, 2.45) is 0 Å². The van der Waals surface area contributed by atoms with Gasteiger partial charge in [-0.25, -0.2) is 0 Å². The minimum atomic E-state index is 0.388. The van der Waals surface area contributed by atoms with Gasteiger partial charge in [-0.05, 0) is 25.8 Å². The van der Waals surface area contributed by atoms with Gasteiger partial charge in [0.15, 0.2) is 0 Å². The first kappa shape index (κ1) is 12.6. The molecule has 0 aliphatic carbocycles. The number of benzene rings is 1. The molecule has 2 heterocycles. The molecule has 0 radical (unpaired) electrons. The summed E-state index contributed by atoms with van der Waals surface area (Å²) in [6.45, 7) is 5.69. The number of ether oxygens (including phenoxy) is 1. The van der Waals surface area contributed by atoms with Crippen LogP contribution in [0.1, 0.15) is 25.5 Å². The van der Waals surface area contributed by atoms with Gasteiger partial charge in [0.05, 0.1) is 17.3 Å². The lowest BCUT2D eigenvalue weighted by atomic mass is 10.2. The van der Waals surface area contributed by atoms with Gasteiger partial charge in [0.1, 0.15) is 0 Å². The Morgan fingerprint density at radius 2 is 2.32 bits per heavy atom. The molecule has 1 aromatic heterocycles. The Hall–Kier alpha value is -1.39. The summed E-state index contributed by atoms with van der Waals surface area (Å²) >= 11 is 0. The molecule has 2 aromatic rings. The summed E-state index contributed by atoms with van der Waals surface area (Å²) in [4.78, 5) is 0. The Bertz CT molecular complexity index is 543. The highest BCUT2D eigenvalue weighted by Gasteiger charge is 2.15.